The second-order valence-corrected chi connectivity index (χ2v) is 5.21. The summed E-state index contributed by atoms with van der Waals surface area (Å²) in [6, 6.07) is 0. The fourth-order valence-corrected chi connectivity index (χ4v) is 2.78. The number of tetrazole rings is 1. The van der Waals surface area contributed by atoms with Crippen LogP contribution in [0.3, 0.4) is 0 Å². The molecule has 0 N–H and O–H groups in total. The monoisotopic (exact) mass is 287 g/mol. The summed E-state index contributed by atoms with van der Waals surface area (Å²) >= 11 is 3.17. The number of aromatic nitrogens is 5. The lowest BCUT2D eigenvalue weighted by Gasteiger charge is -2.13. The van der Waals surface area contributed by atoms with Gasteiger partial charge in [-0.2, -0.15) is 0 Å². The third-order valence-corrected chi connectivity index (χ3v) is 4.14. The number of ether oxygens (including phenoxy) is 2. The maximum absolute atomic E-state index is 5.12. The quantitative estimate of drug-likeness (QED) is 0.556. The fourth-order valence-electron chi connectivity index (χ4n) is 1.25. The van der Waals surface area contributed by atoms with E-state index in [4.69, 9.17) is 9.47 Å². The molecule has 0 aromatic carbocycles. The number of thioether (sulfide) groups is 1. The van der Waals surface area contributed by atoms with Gasteiger partial charge in [-0.15, -0.1) is 16.4 Å². The Morgan fingerprint density at radius 1 is 1.44 bits per heavy atom. The Balaban J connectivity index is 1.94. The van der Waals surface area contributed by atoms with Gasteiger partial charge >= 0.3 is 0 Å². The number of hydrogen-bond donors (Lipinski definition) is 0. The van der Waals surface area contributed by atoms with Crippen LogP contribution in [0, 0.1) is 0 Å². The minimum absolute atomic E-state index is 0.351. The van der Waals surface area contributed by atoms with Crippen LogP contribution in [0.2, 0.25) is 0 Å². The van der Waals surface area contributed by atoms with E-state index in [9.17, 15) is 0 Å². The average Bonchev–Trinajstić information content (AvgIpc) is 3.04. The second-order valence-electron chi connectivity index (χ2n) is 3.30. The molecule has 0 bridgehead atoms. The molecular weight excluding hydrogens is 274 g/mol. The van der Waals surface area contributed by atoms with Gasteiger partial charge in [0.05, 0.1) is 12.1 Å². The van der Waals surface area contributed by atoms with Crippen molar-refractivity contribution in [3.8, 4) is 0 Å². The fraction of sp³-hybridized carbons (Fsp3) is 0.556. The summed E-state index contributed by atoms with van der Waals surface area (Å²) in [5.74, 6) is 0.801. The molecule has 18 heavy (non-hydrogen) atoms. The van der Waals surface area contributed by atoms with E-state index in [2.05, 4.69) is 20.5 Å². The van der Waals surface area contributed by atoms with E-state index in [1.54, 1.807) is 42.0 Å². The largest absolute Gasteiger partial charge is 0.354 e. The second kappa shape index (κ2) is 6.78. The van der Waals surface area contributed by atoms with Crippen molar-refractivity contribution in [3.63, 3.8) is 0 Å². The highest BCUT2D eigenvalue weighted by atomic mass is 32.2. The molecule has 0 radical (unpaired) electrons. The molecule has 0 amide bonds. The van der Waals surface area contributed by atoms with E-state index in [0.29, 0.717) is 6.54 Å². The lowest BCUT2D eigenvalue weighted by atomic mass is 10.6. The van der Waals surface area contributed by atoms with Gasteiger partial charge in [0.25, 0.3) is 0 Å². The number of thiazole rings is 1. The first-order valence-electron chi connectivity index (χ1n) is 5.15. The molecule has 0 saturated heterocycles. The van der Waals surface area contributed by atoms with Crippen LogP contribution in [0.1, 0.15) is 4.88 Å². The van der Waals surface area contributed by atoms with Crippen molar-refractivity contribution in [3.05, 3.63) is 16.6 Å². The highest BCUT2D eigenvalue weighted by Crippen LogP contribution is 2.22. The number of methoxy groups -OCH3 is 2. The molecule has 2 rings (SSSR count). The summed E-state index contributed by atoms with van der Waals surface area (Å²) in [5, 5.41) is 12.3. The standard InChI is InChI=1S/C9H13N5O2S2/c1-15-8(16-2)4-14-9(11-12-13-14)17-5-7-3-10-6-18-7/h3,6,8H,4-5H2,1-2H3. The van der Waals surface area contributed by atoms with Crippen molar-refractivity contribution in [2.45, 2.75) is 23.7 Å². The van der Waals surface area contributed by atoms with Gasteiger partial charge in [0.2, 0.25) is 5.16 Å². The molecule has 2 heterocycles. The predicted molar refractivity (Wildman–Crippen MR) is 67.3 cm³/mol. The van der Waals surface area contributed by atoms with Crippen molar-refractivity contribution in [1.82, 2.24) is 25.2 Å². The Morgan fingerprint density at radius 3 is 2.94 bits per heavy atom. The van der Waals surface area contributed by atoms with Crippen molar-refractivity contribution < 1.29 is 9.47 Å². The van der Waals surface area contributed by atoms with Crippen molar-refractivity contribution in [2.75, 3.05) is 14.2 Å². The van der Waals surface area contributed by atoms with E-state index in [1.165, 1.54) is 4.88 Å². The van der Waals surface area contributed by atoms with Crippen LogP contribution in [0.4, 0.5) is 0 Å². The lowest BCUT2D eigenvalue weighted by molar-refractivity contribution is -0.113. The molecule has 0 unspecified atom stereocenters. The van der Waals surface area contributed by atoms with Gasteiger partial charge in [0, 0.05) is 31.0 Å². The van der Waals surface area contributed by atoms with Crippen LogP contribution in [0.5, 0.6) is 0 Å². The van der Waals surface area contributed by atoms with Crippen molar-refractivity contribution in [2.24, 2.45) is 0 Å². The topological polar surface area (TPSA) is 75.0 Å². The van der Waals surface area contributed by atoms with Crippen molar-refractivity contribution in [1.29, 1.82) is 0 Å². The first kappa shape index (κ1) is 13.4. The van der Waals surface area contributed by atoms with E-state index in [1.807, 2.05) is 11.7 Å². The molecule has 98 valence electrons. The Labute approximate surface area is 113 Å². The molecule has 2 aromatic heterocycles. The third-order valence-electron chi connectivity index (χ3n) is 2.17. The molecule has 2 aromatic rings. The zero-order chi connectivity index (χ0) is 12.8. The highest BCUT2D eigenvalue weighted by Gasteiger charge is 2.13. The summed E-state index contributed by atoms with van der Waals surface area (Å²) in [6.45, 7) is 0.463. The van der Waals surface area contributed by atoms with Crippen LogP contribution in [-0.2, 0) is 21.8 Å². The Morgan fingerprint density at radius 2 is 2.28 bits per heavy atom. The van der Waals surface area contributed by atoms with Gasteiger partial charge in [-0.05, 0) is 10.4 Å². The van der Waals surface area contributed by atoms with E-state index >= 15 is 0 Å². The first-order valence-corrected chi connectivity index (χ1v) is 7.02. The van der Waals surface area contributed by atoms with Crippen LogP contribution >= 0.6 is 23.1 Å². The Hall–Kier alpha value is -1.03. The number of hydrogen-bond acceptors (Lipinski definition) is 8. The maximum Gasteiger partial charge on any atom is 0.209 e. The molecule has 0 aliphatic rings. The molecule has 0 aliphatic carbocycles. The maximum atomic E-state index is 5.12. The van der Waals surface area contributed by atoms with E-state index in [0.717, 1.165) is 10.9 Å². The molecule has 0 saturated carbocycles. The lowest BCUT2D eigenvalue weighted by Crippen LogP contribution is -2.21. The molecule has 9 heteroatoms. The van der Waals surface area contributed by atoms with E-state index < -0.39 is 0 Å². The third kappa shape index (κ3) is 3.48. The predicted octanol–water partition coefficient (Wildman–Crippen LogP) is 1.04. The molecule has 0 fully saturated rings. The summed E-state index contributed by atoms with van der Waals surface area (Å²) in [6.07, 6.45) is 1.50. The minimum Gasteiger partial charge on any atom is -0.354 e. The van der Waals surface area contributed by atoms with Gasteiger partial charge in [0.1, 0.15) is 0 Å². The summed E-state index contributed by atoms with van der Waals surface area (Å²) in [7, 11) is 3.17. The zero-order valence-corrected chi connectivity index (χ0v) is 11.6. The molecule has 7 nitrogen and oxygen atoms in total. The van der Waals surface area contributed by atoms with Crippen LogP contribution in [0.25, 0.3) is 0 Å². The van der Waals surface area contributed by atoms with Gasteiger partial charge < -0.3 is 9.47 Å². The highest BCUT2D eigenvalue weighted by molar-refractivity contribution is 7.98. The number of rotatable bonds is 7. The zero-order valence-electron chi connectivity index (χ0n) is 10.0. The molecule has 0 atom stereocenters. The van der Waals surface area contributed by atoms with Gasteiger partial charge in [-0.25, -0.2) is 4.68 Å². The van der Waals surface area contributed by atoms with Crippen LogP contribution in [-0.4, -0.2) is 45.7 Å². The molecule has 0 aliphatic heterocycles. The smallest absolute Gasteiger partial charge is 0.209 e. The SMILES string of the molecule is COC(Cn1nnnc1SCc1cncs1)OC. The van der Waals surface area contributed by atoms with Crippen molar-refractivity contribution >= 4 is 23.1 Å². The van der Waals surface area contributed by atoms with Crippen LogP contribution < -0.4 is 0 Å². The summed E-state index contributed by atoms with van der Waals surface area (Å²) < 4.78 is 11.9. The number of nitrogens with zero attached hydrogens (tertiary/aromatic N) is 5. The van der Waals surface area contributed by atoms with Crippen LogP contribution in [0.15, 0.2) is 16.9 Å². The summed E-state index contributed by atoms with van der Waals surface area (Å²) in [4.78, 5) is 5.21. The Kier molecular flexibility index (Phi) is 5.05. The van der Waals surface area contributed by atoms with Gasteiger partial charge in [-0.1, -0.05) is 11.8 Å². The minimum atomic E-state index is -0.351. The van der Waals surface area contributed by atoms with Gasteiger partial charge in [-0.3, -0.25) is 4.98 Å². The summed E-state index contributed by atoms with van der Waals surface area (Å²) in [5.41, 5.74) is 1.81. The van der Waals surface area contributed by atoms with E-state index in [-0.39, 0.29) is 6.29 Å². The average molecular weight is 287 g/mol. The normalized spacial score (nSPS) is 11.3. The molecular formula is C9H13N5O2S2. The first-order chi connectivity index (χ1) is 8.83. The van der Waals surface area contributed by atoms with Gasteiger partial charge in [0.15, 0.2) is 6.29 Å². The molecule has 0 spiro atoms. The Bertz CT molecular complexity index is 457.